The van der Waals surface area contributed by atoms with Gasteiger partial charge in [-0.05, 0) is 12.1 Å². The molecule has 3 aromatic heterocycles. The van der Waals surface area contributed by atoms with Crippen LogP contribution >= 0.6 is 0 Å². The molecule has 0 bridgehead atoms. The first-order valence-electron chi connectivity index (χ1n) is 4.95. The zero-order valence-corrected chi connectivity index (χ0v) is 8.75. The highest BCUT2D eigenvalue weighted by Gasteiger charge is 2.09. The van der Waals surface area contributed by atoms with Crippen LogP contribution in [-0.2, 0) is 6.61 Å². The van der Waals surface area contributed by atoms with E-state index in [0.717, 1.165) is 0 Å². The van der Waals surface area contributed by atoms with Crippen molar-refractivity contribution >= 4 is 17.0 Å². The molecule has 0 aliphatic rings. The second-order valence-electron chi connectivity index (χ2n) is 3.39. The third kappa shape index (κ3) is 1.78. The van der Waals surface area contributed by atoms with Crippen molar-refractivity contribution in [1.29, 1.82) is 0 Å². The van der Waals surface area contributed by atoms with Gasteiger partial charge in [-0.2, -0.15) is 15.1 Å². The Balaban J connectivity index is 1.91. The van der Waals surface area contributed by atoms with Gasteiger partial charge in [0.1, 0.15) is 17.8 Å². The van der Waals surface area contributed by atoms with E-state index in [0.29, 0.717) is 22.7 Å². The van der Waals surface area contributed by atoms with Crippen LogP contribution in [0.2, 0.25) is 0 Å². The fourth-order valence-electron chi connectivity index (χ4n) is 1.47. The Hall–Kier alpha value is -2.57. The molecule has 3 heterocycles. The number of aromatic nitrogens is 4. The van der Waals surface area contributed by atoms with Gasteiger partial charge in [-0.25, -0.2) is 0 Å². The van der Waals surface area contributed by atoms with E-state index in [1.54, 1.807) is 18.5 Å². The third-order valence-electron chi connectivity index (χ3n) is 2.22. The van der Waals surface area contributed by atoms with E-state index >= 15 is 0 Å². The van der Waals surface area contributed by atoms with Crippen LogP contribution in [0.5, 0.6) is 5.88 Å². The number of nitrogens with zero attached hydrogens (tertiary/aromatic N) is 3. The highest BCUT2D eigenvalue weighted by molar-refractivity contribution is 5.80. The molecule has 0 aliphatic heterocycles. The first-order chi connectivity index (χ1) is 8.33. The summed E-state index contributed by atoms with van der Waals surface area (Å²) in [5.74, 6) is 1.23. The second-order valence-corrected chi connectivity index (χ2v) is 3.39. The molecular formula is C10H9N5O2. The third-order valence-corrected chi connectivity index (χ3v) is 2.22. The van der Waals surface area contributed by atoms with Crippen molar-refractivity contribution < 1.29 is 9.15 Å². The van der Waals surface area contributed by atoms with Crippen molar-refractivity contribution in [3.63, 3.8) is 0 Å². The fraction of sp³-hybridized carbons (Fsp3) is 0.100. The van der Waals surface area contributed by atoms with Gasteiger partial charge >= 0.3 is 0 Å². The first-order valence-corrected chi connectivity index (χ1v) is 4.95. The van der Waals surface area contributed by atoms with E-state index in [2.05, 4.69) is 20.2 Å². The van der Waals surface area contributed by atoms with Crippen molar-refractivity contribution in [3.05, 3.63) is 30.4 Å². The molecule has 7 nitrogen and oxygen atoms in total. The minimum atomic E-state index is 0.135. The summed E-state index contributed by atoms with van der Waals surface area (Å²) in [7, 11) is 0. The Labute approximate surface area is 95.6 Å². The van der Waals surface area contributed by atoms with Crippen LogP contribution < -0.4 is 10.5 Å². The summed E-state index contributed by atoms with van der Waals surface area (Å²) in [6, 6.07) is 3.61. The lowest BCUT2D eigenvalue weighted by Gasteiger charge is -2.04. The van der Waals surface area contributed by atoms with Gasteiger partial charge in [0.2, 0.25) is 11.8 Å². The topological polar surface area (TPSA) is 103 Å². The molecule has 3 rings (SSSR count). The lowest BCUT2D eigenvalue weighted by atomic mass is 10.4. The maximum atomic E-state index is 5.56. The van der Waals surface area contributed by atoms with E-state index < -0.39 is 0 Å². The molecule has 86 valence electrons. The van der Waals surface area contributed by atoms with Crippen LogP contribution in [0, 0.1) is 0 Å². The molecule has 0 fully saturated rings. The Morgan fingerprint density at radius 2 is 2.35 bits per heavy atom. The number of rotatable bonds is 3. The van der Waals surface area contributed by atoms with Gasteiger partial charge < -0.3 is 14.9 Å². The molecule has 0 saturated carbocycles. The summed E-state index contributed by atoms with van der Waals surface area (Å²) in [6.07, 6.45) is 3.17. The van der Waals surface area contributed by atoms with Crippen molar-refractivity contribution in [2.45, 2.75) is 6.61 Å². The largest absolute Gasteiger partial charge is 0.469 e. The summed E-state index contributed by atoms with van der Waals surface area (Å²) in [6.45, 7) is 0.281. The predicted octanol–water partition coefficient (Wildman–Crippen LogP) is 1.11. The summed E-state index contributed by atoms with van der Waals surface area (Å²) < 4.78 is 10.7. The van der Waals surface area contributed by atoms with Gasteiger partial charge in [0.05, 0.1) is 12.5 Å². The number of nitrogen functional groups attached to an aromatic ring is 1. The zero-order valence-electron chi connectivity index (χ0n) is 8.75. The standard InChI is InChI=1S/C10H9N5O2/c11-10-13-8-7(4-12-15-8)9(14-10)17-5-6-2-1-3-16-6/h1-4H,5H2,(H3,11,12,13,14,15). The van der Waals surface area contributed by atoms with Gasteiger partial charge in [-0.15, -0.1) is 0 Å². The number of nitrogens with two attached hydrogens (primary N) is 1. The van der Waals surface area contributed by atoms with Crippen molar-refractivity contribution in [1.82, 2.24) is 20.2 Å². The molecule has 0 unspecified atom stereocenters. The molecule has 3 N–H and O–H groups in total. The maximum Gasteiger partial charge on any atom is 0.230 e. The SMILES string of the molecule is Nc1nc(OCc2ccco2)c2cn[nH]c2n1. The minimum absolute atomic E-state index is 0.135. The molecule has 0 saturated heterocycles. The number of nitrogens with one attached hydrogen (secondary N) is 1. The molecule has 0 aliphatic carbocycles. The summed E-state index contributed by atoms with van der Waals surface area (Å²) in [4.78, 5) is 8.00. The van der Waals surface area contributed by atoms with Crippen LogP contribution in [0.3, 0.4) is 0 Å². The Kier molecular flexibility index (Phi) is 2.14. The highest BCUT2D eigenvalue weighted by Crippen LogP contribution is 2.21. The number of hydrogen-bond donors (Lipinski definition) is 2. The molecule has 17 heavy (non-hydrogen) atoms. The van der Waals surface area contributed by atoms with Crippen LogP contribution in [0.4, 0.5) is 5.95 Å². The number of hydrogen-bond acceptors (Lipinski definition) is 6. The van der Waals surface area contributed by atoms with Gasteiger partial charge in [0.25, 0.3) is 0 Å². The van der Waals surface area contributed by atoms with Crippen LogP contribution in [0.15, 0.2) is 29.0 Å². The van der Waals surface area contributed by atoms with E-state index in [9.17, 15) is 0 Å². The number of ether oxygens (including phenoxy) is 1. The molecule has 0 radical (unpaired) electrons. The van der Waals surface area contributed by atoms with E-state index in [1.807, 2.05) is 6.07 Å². The summed E-state index contributed by atoms with van der Waals surface area (Å²) in [5.41, 5.74) is 6.11. The van der Waals surface area contributed by atoms with Crippen molar-refractivity contribution in [3.8, 4) is 5.88 Å². The number of anilines is 1. The molecule has 0 spiro atoms. The molecular weight excluding hydrogens is 222 g/mol. The smallest absolute Gasteiger partial charge is 0.230 e. The number of H-pyrrole nitrogens is 1. The average molecular weight is 231 g/mol. The number of aromatic amines is 1. The van der Waals surface area contributed by atoms with Gasteiger partial charge in [-0.1, -0.05) is 0 Å². The molecule has 0 amide bonds. The Morgan fingerprint density at radius 1 is 1.41 bits per heavy atom. The summed E-state index contributed by atoms with van der Waals surface area (Å²) >= 11 is 0. The van der Waals surface area contributed by atoms with E-state index in [-0.39, 0.29) is 12.6 Å². The molecule has 3 aromatic rings. The molecule has 0 aromatic carbocycles. The van der Waals surface area contributed by atoms with E-state index in [4.69, 9.17) is 14.9 Å². The normalized spacial score (nSPS) is 10.8. The van der Waals surface area contributed by atoms with Crippen LogP contribution in [0.1, 0.15) is 5.76 Å². The van der Waals surface area contributed by atoms with Gasteiger partial charge in [0, 0.05) is 0 Å². The summed E-state index contributed by atoms with van der Waals surface area (Å²) in [5, 5.41) is 7.26. The number of furan rings is 1. The quantitative estimate of drug-likeness (QED) is 0.699. The van der Waals surface area contributed by atoms with Gasteiger partial charge in [-0.3, -0.25) is 5.10 Å². The monoisotopic (exact) mass is 231 g/mol. The molecule has 7 heteroatoms. The molecule has 0 atom stereocenters. The van der Waals surface area contributed by atoms with Crippen LogP contribution in [-0.4, -0.2) is 20.2 Å². The van der Waals surface area contributed by atoms with Crippen molar-refractivity contribution in [2.24, 2.45) is 0 Å². The number of fused-ring (bicyclic) bond motifs is 1. The lowest BCUT2D eigenvalue weighted by molar-refractivity contribution is 0.264. The minimum Gasteiger partial charge on any atom is -0.469 e. The van der Waals surface area contributed by atoms with Crippen molar-refractivity contribution in [2.75, 3.05) is 5.73 Å². The zero-order chi connectivity index (χ0) is 11.7. The van der Waals surface area contributed by atoms with E-state index in [1.165, 1.54) is 0 Å². The van der Waals surface area contributed by atoms with Crippen LogP contribution in [0.25, 0.3) is 11.0 Å². The predicted molar refractivity (Wildman–Crippen MR) is 59.1 cm³/mol. The Bertz CT molecular complexity index is 631. The lowest BCUT2D eigenvalue weighted by Crippen LogP contribution is -2.01. The Morgan fingerprint density at radius 3 is 3.18 bits per heavy atom. The fourth-order valence-corrected chi connectivity index (χ4v) is 1.47. The maximum absolute atomic E-state index is 5.56. The average Bonchev–Trinajstić information content (AvgIpc) is 2.95. The first kappa shape index (κ1) is 9.64. The van der Waals surface area contributed by atoms with Gasteiger partial charge in [0.15, 0.2) is 5.65 Å². The second kappa shape index (κ2) is 3.78. The highest BCUT2D eigenvalue weighted by atomic mass is 16.5.